The number of hydrazone groups is 1. The fourth-order valence-corrected chi connectivity index (χ4v) is 2.83. The minimum atomic E-state index is -0.457. The molecule has 4 nitrogen and oxygen atoms in total. The maximum Gasteiger partial charge on any atom is 0.146 e. The van der Waals surface area contributed by atoms with E-state index < -0.39 is 5.82 Å². The van der Waals surface area contributed by atoms with Crippen LogP contribution in [0.5, 0.6) is 0 Å². The number of benzene rings is 2. The molecule has 0 unspecified atom stereocenters. The number of hydrogen-bond donors (Lipinski definition) is 1. The van der Waals surface area contributed by atoms with Gasteiger partial charge in [-0.05, 0) is 31.2 Å². The third kappa shape index (κ3) is 5.75. The molecular formula is C16H12Cl4FN3O. The lowest BCUT2D eigenvalue weighted by Crippen LogP contribution is -2.01. The molecule has 0 aliphatic heterocycles. The molecule has 0 aliphatic rings. The largest absolute Gasteiger partial charge is 0.391 e. The van der Waals surface area contributed by atoms with Gasteiger partial charge < -0.3 is 4.84 Å². The number of anilines is 1. The van der Waals surface area contributed by atoms with Crippen molar-refractivity contribution >= 4 is 64.0 Å². The highest BCUT2D eigenvalue weighted by Crippen LogP contribution is 2.33. The molecule has 1 N–H and O–H groups in total. The molecule has 0 bridgehead atoms. The summed E-state index contributed by atoms with van der Waals surface area (Å²) in [5.74, 6) is -0.457. The third-order valence-electron chi connectivity index (χ3n) is 2.94. The monoisotopic (exact) mass is 421 g/mol. The Kier molecular flexibility index (Phi) is 7.32. The Labute approximate surface area is 164 Å². The highest BCUT2D eigenvalue weighted by Gasteiger charge is 2.08. The van der Waals surface area contributed by atoms with Gasteiger partial charge in [0.25, 0.3) is 0 Å². The second-order valence-electron chi connectivity index (χ2n) is 4.82. The summed E-state index contributed by atoms with van der Waals surface area (Å²) in [6, 6.07) is 7.46. The van der Waals surface area contributed by atoms with Crippen LogP contribution in [0, 0.1) is 5.82 Å². The summed E-state index contributed by atoms with van der Waals surface area (Å²) in [5.41, 5.74) is 3.84. The molecule has 0 aromatic heterocycles. The smallest absolute Gasteiger partial charge is 0.146 e. The van der Waals surface area contributed by atoms with E-state index in [9.17, 15) is 4.39 Å². The van der Waals surface area contributed by atoms with Gasteiger partial charge in [0.1, 0.15) is 12.4 Å². The maximum atomic E-state index is 13.6. The summed E-state index contributed by atoms with van der Waals surface area (Å²) in [4.78, 5) is 5.03. The first-order valence-corrected chi connectivity index (χ1v) is 8.42. The summed E-state index contributed by atoms with van der Waals surface area (Å²) < 4.78 is 13.6. The average molecular weight is 423 g/mol. The van der Waals surface area contributed by atoms with Crippen molar-refractivity contribution in [1.29, 1.82) is 0 Å². The van der Waals surface area contributed by atoms with Crippen LogP contribution in [0.1, 0.15) is 12.5 Å². The van der Waals surface area contributed by atoms with Crippen LogP contribution in [-0.2, 0) is 11.4 Å². The molecule has 0 radical (unpaired) electrons. The zero-order chi connectivity index (χ0) is 18.4. The Bertz CT molecular complexity index is 784. The van der Waals surface area contributed by atoms with E-state index >= 15 is 0 Å². The summed E-state index contributed by atoms with van der Waals surface area (Å²) in [7, 11) is 0. The minimum absolute atomic E-state index is 0.0996. The van der Waals surface area contributed by atoms with Gasteiger partial charge in [0.2, 0.25) is 0 Å². The molecule has 132 valence electrons. The Morgan fingerprint density at radius 3 is 2.48 bits per heavy atom. The maximum absolute atomic E-state index is 13.6. The standard InChI is InChI=1S/C16H12Cl4FN3O/c1-9(23-24-16-13(19)5-10(17)6-14(16)20)7-22-25-8-11-12(18)3-2-4-15(11)21/h2-7,24H,8H2,1H3/b22-7+,23-9+. The van der Waals surface area contributed by atoms with Gasteiger partial charge in [-0.3, -0.25) is 5.43 Å². The van der Waals surface area contributed by atoms with E-state index in [4.69, 9.17) is 51.2 Å². The van der Waals surface area contributed by atoms with Crippen LogP contribution < -0.4 is 5.43 Å². The Hall–Kier alpha value is -1.53. The van der Waals surface area contributed by atoms with Crippen molar-refractivity contribution < 1.29 is 9.23 Å². The van der Waals surface area contributed by atoms with Crippen LogP contribution in [0.3, 0.4) is 0 Å². The third-order valence-corrected chi connectivity index (χ3v) is 4.10. The van der Waals surface area contributed by atoms with Gasteiger partial charge in [0.15, 0.2) is 0 Å². The first-order chi connectivity index (χ1) is 11.9. The van der Waals surface area contributed by atoms with E-state index in [0.29, 0.717) is 26.5 Å². The van der Waals surface area contributed by atoms with E-state index in [2.05, 4.69) is 15.7 Å². The van der Waals surface area contributed by atoms with Crippen molar-refractivity contribution in [3.8, 4) is 0 Å². The van der Waals surface area contributed by atoms with Crippen LogP contribution in [0.25, 0.3) is 0 Å². The molecular weight excluding hydrogens is 411 g/mol. The second-order valence-corrected chi connectivity index (χ2v) is 6.48. The number of hydrogen-bond acceptors (Lipinski definition) is 4. The first-order valence-electron chi connectivity index (χ1n) is 6.91. The van der Waals surface area contributed by atoms with Crippen molar-refractivity contribution in [3.63, 3.8) is 0 Å². The van der Waals surface area contributed by atoms with Gasteiger partial charge in [-0.1, -0.05) is 57.6 Å². The van der Waals surface area contributed by atoms with Crippen LogP contribution in [0.15, 0.2) is 40.6 Å². The van der Waals surface area contributed by atoms with Crippen LogP contribution >= 0.6 is 46.4 Å². The Morgan fingerprint density at radius 1 is 1.16 bits per heavy atom. The van der Waals surface area contributed by atoms with E-state index in [1.165, 1.54) is 30.5 Å². The summed E-state index contributed by atoms with van der Waals surface area (Å²) in [6.07, 6.45) is 1.35. The molecule has 0 spiro atoms. The lowest BCUT2D eigenvalue weighted by molar-refractivity contribution is 0.130. The molecule has 2 aromatic rings. The van der Waals surface area contributed by atoms with Crippen molar-refractivity contribution in [2.45, 2.75) is 13.5 Å². The topological polar surface area (TPSA) is 46.0 Å². The van der Waals surface area contributed by atoms with E-state index in [1.54, 1.807) is 13.0 Å². The summed E-state index contributed by atoms with van der Waals surface area (Å²) in [5, 5.41) is 9.11. The average Bonchev–Trinajstić information content (AvgIpc) is 2.52. The Morgan fingerprint density at radius 2 is 1.84 bits per heavy atom. The molecule has 0 saturated heterocycles. The summed E-state index contributed by atoms with van der Waals surface area (Å²) >= 11 is 23.8. The lowest BCUT2D eigenvalue weighted by atomic mass is 10.2. The molecule has 0 aliphatic carbocycles. The summed E-state index contributed by atoms with van der Waals surface area (Å²) in [6.45, 7) is 1.57. The number of halogens is 5. The molecule has 2 rings (SSSR count). The van der Waals surface area contributed by atoms with E-state index in [0.717, 1.165) is 0 Å². The Balaban J connectivity index is 1.94. The second kappa shape index (κ2) is 9.25. The quantitative estimate of drug-likeness (QED) is 0.430. The van der Waals surface area contributed by atoms with Crippen molar-refractivity contribution in [3.05, 3.63) is 61.8 Å². The van der Waals surface area contributed by atoms with Gasteiger partial charge in [-0.25, -0.2) is 4.39 Å². The highest BCUT2D eigenvalue weighted by atomic mass is 35.5. The molecule has 0 saturated carbocycles. The highest BCUT2D eigenvalue weighted by molar-refractivity contribution is 6.41. The van der Waals surface area contributed by atoms with E-state index in [-0.39, 0.29) is 17.2 Å². The van der Waals surface area contributed by atoms with Crippen LogP contribution in [-0.4, -0.2) is 11.9 Å². The van der Waals surface area contributed by atoms with Crippen molar-refractivity contribution in [2.75, 3.05) is 5.43 Å². The molecule has 0 heterocycles. The van der Waals surface area contributed by atoms with E-state index in [1.807, 2.05) is 0 Å². The molecule has 25 heavy (non-hydrogen) atoms. The zero-order valence-electron chi connectivity index (χ0n) is 12.9. The number of oxime groups is 1. The van der Waals surface area contributed by atoms with Gasteiger partial charge in [0, 0.05) is 10.6 Å². The predicted molar refractivity (Wildman–Crippen MR) is 103 cm³/mol. The number of rotatable bonds is 6. The van der Waals surface area contributed by atoms with Gasteiger partial charge in [-0.15, -0.1) is 0 Å². The normalized spacial score (nSPS) is 11.8. The lowest BCUT2D eigenvalue weighted by Gasteiger charge is -2.07. The molecule has 2 aromatic carbocycles. The minimum Gasteiger partial charge on any atom is -0.391 e. The van der Waals surface area contributed by atoms with Gasteiger partial charge in [-0.2, -0.15) is 5.10 Å². The van der Waals surface area contributed by atoms with Gasteiger partial charge in [0.05, 0.1) is 32.7 Å². The van der Waals surface area contributed by atoms with Crippen LogP contribution in [0.4, 0.5) is 10.1 Å². The molecule has 0 atom stereocenters. The fraction of sp³-hybridized carbons (Fsp3) is 0.125. The van der Waals surface area contributed by atoms with Crippen molar-refractivity contribution in [1.82, 2.24) is 0 Å². The van der Waals surface area contributed by atoms with Gasteiger partial charge >= 0.3 is 0 Å². The van der Waals surface area contributed by atoms with Crippen molar-refractivity contribution in [2.24, 2.45) is 10.3 Å². The zero-order valence-corrected chi connectivity index (χ0v) is 15.9. The fourth-order valence-electron chi connectivity index (χ4n) is 1.71. The van der Waals surface area contributed by atoms with Crippen LogP contribution in [0.2, 0.25) is 20.1 Å². The first kappa shape index (κ1) is 19.8. The number of nitrogens with zero attached hydrogens (tertiary/aromatic N) is 2. The molecule has 9 heteroatoms. The molecule has 0 fully saturated rings. The SMILES string of the molecule is CC(/C=N/OCc1c(F)cccc1Cl)=N\Nc1c(Cl)cc(Cl)cc1Cl. The number of nitrogens with one attached hydrogen (secondary N) is 1. The predicted octanol–water partition coefficient (Wildman–Crippen LogP) is 6.43. The molecule has 0 amide bonds.